The Bertz CT molecular complexity index is 711. The second-order valence-electron chi connectivity index (χ2n) is 4.11. The fourth-order valence-corrected chi connectivity index (χ4v) is 2.82. The van der Waals surface area contributed by atoms with Crippen LogP contribution in [-0.2, 0) is 5.75 Å². The number of aromatic nitrogens is 5. The highest BCUT2D eigenvalue weighted by Gasteiger charge is 2.08. The number of pyridine rings is 1. The second kappa shape index (κ2) is 5.87. The molecule has 0 atom stereocenters. The van der Waals surface area contributed by atoms with Gasteiger partial charge >= 0.3 is 0 Å². The standard InChI is InChI=1S/C13H14N6S/c1-2-14-11-9(4-3-5-15-11)6-20-13-10-12(17-7-16-10)18-8-19-13/h3-5,7-8H,2,6H2,1H3,(H,14,15)(H,16,17,18,19). The summed E-state index contributed by atoms with van der Waals surface area (Å²) in [6.45, 7) is 2.91. The first-order chi connectivity index (χ1) is 9.88. The van der Waals surface area contributed by atoms with Crippen LogP contribution >= 0.6 is 11.8 Å². The molecule has 0 amide bonds. The van der Waals surface area contributed by atoms with Crippen molar-refractivity contribution >= 4 is 28.7 Å². The number of hydrogen-bond donors (Lipinski definition) is 2. The van der Waals surface area contributed by atoms with Crippen LogP contribution < -0.4 is 5.32 Å². The molecule has 6 nitrogen and oxygen atoms in total. The van der Waals surface area contributed by atoms with Crippen molar-refractivity contribution in [2.45, 2.75) is 17.7 Å². The normalized spacial score (nSPS) is 10.8. The number of nitrogens with one attached hydrogen (secondary N) is 2. The molecule has 20 heavy (non-hydrogen) atoms. The van der Waals surface area contributed by atoms with E-state index in [-0.39, 0.29) is 0 Å². The predicted molar refractivity (Wildman–Crippen MR) is 79.6 cm³/mol. The smallest absolute Gasteiger partial charge is 0.181 e. The summed E-state index contributed by atoms with van der Waals surface area (Å²) in [5.41, 5.74) is 2.73. The fraction of sp³-hybridized carbons (Fsp3) is 0.231. The van der Waals surface area contributed by atoms with Crippen LogP contribution in [0.5, 0.6) is 0 Å². The predicted octanol–water partition coefficient (Wildman–Crippen LogP) is 2.47. The molecule has 3 aromatic heterocycles. The molecule has 0 aliphatic rings. The Labute approximate surface area is 120 Å². The minimum atomic E-state index is 0.695. The number of thioether (sulfide) groups is 1. The number of hydrogen-bond acceptors (Lipinski definition) is 6. The second-order valence-corrected chi connectivity index (χ2v) is 5.07. The number of aromatic amines is 1. The third-order valence-corrected chi connectivity index (χ3v) is 3.83. The Hall–Kier alpha value is -2.15. The third kappa shape index (κ3) is 2.57. The maximum absolute atomic E-state index is 4.36. The minimum absolute atomic E-state index is 0.695. The highest BCUT2D eigenvalue weighted by atomic mass is 32.2. The molecule has 0 spiro atoms. The van der Waals surface area contributed by atoms with E-state index in [1.54, 1.807) is 30.6 Å². The molecule has 0 saturated carbocycles. The van der Waals surface area contributed by atoms with Gasteiger partial charge in [-0.25, -0.2) is 19.9 Å². The monoisotopic (exact) mass is 286 g/mol. The zero-order chi connectivity index (χ0) is 13.8. The fourth-order valence-electron chi connectivity index (χ4n) is 1.88. The highest BCUT2D eigenvalue weighted by Crippen LogP contribution is 2.27. The number of anilines is 1. The largest absolute Gasteiger partial charge is 0.370 e. The summed E-state index contributed by atoms with van der Waals surface area (Å²) < 4.78 is 0. The number of fused-ring (bicyclic) bond motifs is 1. The molecule has 3 rings (SSSR count). The average molecular weight is 286 g/mol. The van der Waals surface area contributed by atoms with Gasteiger partial charge in [0.2, 0.25) is 0 Å². The van der Waals surface area contributed by atoms with E-state index in [1.165, 1.54) is 0 Å². The lowest BCUT2D eigenvalue weighted by atomic mass is 10.3. The maximum atomic E-state index is 4.36. The van der Waals surface area contributed by atoms with E-state index in [1.807, 2.05) is 6.07 Å². The minimum Gasteiger partial charge on any atom is -0.370 e. The number of rotatable bonds is 5. The van der Waals surface area contributed by atoms with Crippen LogP contribution in [0.25, 0.3) is 11.2 Å². The van der Waals surface area contributed by atoms with Gasteiger partial charge in [-0.05, 0) is 13.0 Å². The van der Waals surface area contributed by atoms with Gasteiger partial charge in [-0.15, -0.1) is 0 Å². The van der Waals surface area contributed by atoms with Gasteiger partial charge in [0.15, 0.2) is 5.65 Å². The van der Waals surface area contributed by atoms with Crippen LogP contribution in [0, 0.1) is 0 Å². The number of H-pyrrole nitrogens is 1. The van der Waals surface area contributed by atoms with Gasteiger partial charge in [0.1, 0.15) is 22.7 Å². The van der Waals surface area contributed by atoms with E-state index in [4.69, 9.17) is 0 Å². The Morgan fingerprint density at radius 2 is 2.20 bits per heavy atom. The van der Waals surface area contributed by atoms with E-state index in [9.17, 15) is 0 Å². The lowest BCUT2D eigenvalue weighted by Gasteiger charge is -2.08. The van der Waals surface area contributed by atoms with E-state index in [0.29, 0.717) is 5.65 Å². The van der Waals surface area contributed by atoms with Crippen LogP contribution in [0.3, 0.4) is 0 Å². The first-order valence-electron chi connectivity index (χ1n) is 6.33. The van der Waals surface area contributed by atoms with Crippen molar-refractivity contribution in [2.75, 3.05) is 11.9 Å². The number of nitrogens with zero attached hydrogens (tertiary/aromatic N) is 4. The highest BCUT2D eigenvalue weighted by molar-refractivity contribution is 7.98. The van der Waals surface area contributed by atoms with Crippen molar-refractivity contribution < 1.29 is 0 Å². The maximum Gasteiger partial charge on any atom is 0.181 e. The molecule has 2 N–H and O–H groups in total. The average Bonchev–Trinajstić information content (AvgIpc) is 2.96. The van der Waals surface area contributed by atoms with Gasteiger partial charge < -0.3 is 10.3 Å². The summed E-state index contributed by atoms with van der Waals surface area (Å²) >= 11 is 1.65. The van der Waals surface area contributed by atoms with Gasteiger partial charge in [-0.3, -0.25) is 0 Å². The van der Waals surface area contributed by atoms with Crippen molar-refractivity contribution in [3.05, 3.63) is 36.5 Å². The first kappa shape index (κ1) is 12.9. The van der Waals surface area contributed by atoms with Crippen LogP contribution in [0.15, 0.2) is 36.0 Å². The molecule has 0 fully saturated rings. The summed E-state index contributed by atoms with van der Waals surface area (Å²) in [6, 6.07) is 4.02. The topological polar surface area (TPSA) is 79.4 Å². The van der Waals surface area contributed by atoms with Gasteiger partial charge in [0.05, 0.1) is 6.33 Å². The molecule has 0 aromatic carbocycles. The zero-order valence-electron chi connectivity index (χ0n) is 11.0. The third-order valence-electron chi connectivity index (χ3n) is 2.79. The SMILES string of the molecule is CCNc1ncccc1CSc1ncnc2nc[nH]c12. The molecule has 0 radical (unpaired) electrons. The Kier molecular flexibility index (Phi) is 3.78. The lowest BCUT2D eigenvalue weighted by Crippen LogP contribution is -2.02. The van der Waals surface area contributed by atoms with Crippen LogP contribution in [-0.4, -0.2) is 31.5 Å². The molecular formula is C13H14N6S. The number of imidazole rings is 1. The van der Waals surface area contributed by atoms with Gasteiger partial charge in [0.25, 0.3) is 0 Å². The summed E-state index contributed by atoms with van der Waals surface area (Å²) in [7, 11) is 0. The summed E-state index contributed by atoms with van der Waals surface area (Å²) in [5.74, 6) is 1.72. The van der Waals surface area contributed by atoms with Gasteiger partial charge in [-0.1, -0.05) is 17.8 Å². The zero-order valence-corrected chi connectivity index (χ0v) is 11.8. The first-order valence-corrected chi connectivity index (χ1v) is 7.31. The molecule has 0 aliphatic heterocycles. The van der Waals surface area contributed by atoms with Gasteiger partial charge in [0, 0.05) is 24.1 Å². The molecule has 7 heteroatoms. The molecule has 0 bridgehead atoms. The summed E-state index contributed by atoms with van der Waals surface area (Å²) in [4.78, 5) is 20.0. The van der Waals surface area contributed by atoms with Gasteiger partial charge in [-0.2, -0.15) is 0 Å². The molecule has 3 heterocycles. The summed E-state index contributed by atoms with van der Waals surface area (Å²) in [6.07, 6.45) is 4.97. The quantitative estimate of drug-likeness (QED) is 0.554. The molecule has 0 unspecified atom stereocenters. The van der Waals surface area contributed by atoms with E-state index >= 15 is 0 Å². The van der Waals surface area contributed by atoms with E-state index < -0.39 is 0 Å². The van der Waals surface area contributed by atoms with Crippen LogP contribution in [0.4, 0.5) is 5.82 Å². The van der Waals surface area contributed by atoms with Crippen molar-refractivity contribution in [1.29, 1.82) is 0 Å². The molecule has 102 valence electrons. The Morgan fingerprint density at radius 3 is 3.10 bits per heavy atom. The molecular weight excluding hydrogens is 272 g/mol. The molecule has 0 saturated heterocycles. The van der Waals surface area contributed by atoms with Crippen molar-refractivity contribution in [3.63, 3.8) is 0 Å². The van der Waals surface area contributed by atoms with E-state index in [0.717, 1.165) is 34.2 Å². The van der Waals surface area contributed by atoms with Crippen LogP contribution in [0.1, 0.15) is 12.5 Å². The molecule has 3 aromatic rings. The van der Waals surface area contributed by atoms with Crippen molar-refractivity contribution in [3.8, 4) is 0 Å². The lowest BCUT2D eigenvalue weighted by molar-refractivity contribution is 1.08. The van der Waals surface area contributed by atoms with E-state index in [2.05, 4.69) is 43.2 Å². The summed E-state index contributed by atoms with van der Waals surface area (Å²) in [5, 5.41) is 4.17. The molecule has 0 aliphatic carbocycles. The van der Waals surface area contributed by atoms with Crippen LogP contribution in [0.2, 0.25) is 0 Å². The van der Waals surface area contributed by atoms with Crippen molar-refractivity contribution in [2.24, 2.45) is 0 Å². The van der Waals surface area contributed by atoms with Crippen molar-refractivity contribution in [1.82, 2.24) is 24.9 Å². The Balaban J connectivity index is 1.81. The Morgan fingerprint density at radius 1 is 1.25 bits per heavy atom.